The highest BCUT2D eigenvalue weighted by Crippen LogP contribution is 2.36. The normalized spacial score (nSPS) is 15.8. The Morgan fingerprint density at radius 2 is 2.11 bits per heavy atom. The molecule has 0 aliphatic heterocycles. The summed E-state index contributed by atoms with van der Waals surface area (Å²) in [6.07, 6.45) is -1.19. The molecular formula is C11H11BrClF3N2. The fourth-order valence-corrected chi connectivity index (χ4v) is 2.36. The lowest BCUT2D eigenvalue weighted by Crippen LogP contribution is -2.37. The fourth-order valence-electron chi connectivity index (χ4n) is 1.79. The topological polar surface area (TPSA) is 16.1 Å². The van der Waals surface area contributed by atoms with Gasteiger partial charge in [-0.3, -0.25) is 0 Å². The molecule has 1 heterocycles. The Kier molecular flexibility index (Phi) is 4.06. The molecule has 2 nitrogen and oxygen atoms in total. The van der Waals surface area contributed by atoms with Gasteiger partial charge in [0, 0.05) is 22.3 Å². The molecule has 0 amide bonds. The summed E-state index contributed by atoms with van der Waals surface area (Å²) in [5, 5.41) is 0. The zero-order valence-corrected chi connectivity index (χ0v) is 11.7. The van der Waals surface area contributed by atoms with Crippen LogP contribution in [0.2, 0.25) is 0 Å². The minimum Gasteiger partial charge on any atom is -0.344 e. The Morgan fingerprint density at radius 3 is 2.61 bits per heavy atom. The van der Waals surface area contributed by atoms with Gasteiger partial charge < -0.3 is 4.90 Å². The molecule has 0 unspecified atom stereocenters. The van der Waals surface area contributed by atoms with Gasteiger partial charge in [0.1, 0.15) is 12.4 Å². The maximum absolute atomic E-state index is 12.6. The number of rotatable bonds is 4. The SMILES string of the molecule is FC(F)(F)CN(c1ncc(Br)cc1CCl)C1CC1. The van der Waals surface area contributed by atoms with Crippen molar-refractivity contribution in [2.24, 2.45) is 0 Å². The van der Waals surface area contributed by atoms with E-state index in [0.717, 1.165) is 12.8 Å². The molecule has 0 aromatic carbocycles. The summed E-state index contributed by atoms with van der Waals surface area (Å²) in [6, 6.07) is 1.64. The van der Waals surface area contributed by atoms with Crippen LogP contribution in [0.15, 0.2) is 16.7 Å². The molecule has 7 heteroatoms. The molecule has 0 saturated heterocycles. The Bertz CT molecular complexity index is 435. The van der Waals surface area contributed by atoms with Crippen molar-refractivity contribution < 1.29 is 13.2 Å². The van der Waals surface area contributed by atoms with Crippen molar-refractivity contribution in [1.29, 1.82) is 0 Å². The first-order chi connectivity index (χ1) is 8.40. The van der Waals surface area contributed by atoms with Crippen LogP contribution in [0.1, 0.15) is 18.4 Å². The average molecular weight is 344 g/mol. The third kappa shape index (κ3) is 3.51. The van der Waals surface area contributed by atoms with Crippen LogP contribution in [0.5, 0.6) is 0 Å². The summed E-state index contributed by atoms with van der Waals surface area (Å²) < 4.78 is 38.5. The number of halogens is 5. The summed E-state index contributed by atoms with van der Waals surface area (Å²) in [7, 11) is 0. The van der Waals surface area contributed by atoms with Gasteiger partial charge in [-0.05, 0) is 34.8 Å². The third-order valence-electron chi connectivity index (χ3n) is 2.66. The first-order valence-corrected chi connectivity index (χ1v) is 6.77. The number of anilines is 1. The number of pyridine rings is 1. The van der Waals surface area contributed by atoms with Gasteiger partial charge in [-0.25, -0.2) is 4.98 Å². The predicted octanol–water partition coefficient (Wildman–Crippen LogP) is 4.11. The summed E-state index contributed by atoms with van der Waals surface area (Å²) in [6.45, 7) is -0.976. The monoisotopic (exact) mass is 342 g/mol. The largest absolute Gasteiger partial charge is 0.405 e. The van der Waals surface area contributed by atoms with Crippen LogP contribution in [-0.4, -0.2) is 23.7 Å². The molecule has 0 atom stereocenters. The van der Waals surface area contributed by atoms with Gasteiger partial charge in [-0.1, -0.05) is 0 Å². The summed E-state index contributed by atoms with van der Waals surface area (Å²) in [4.78, 5) is 5.40. The lowest BCUT2D eigenvalue weighted by Gasteiger charge is -2.26. The van der Waals surface area contributed by atoms with Gasteiger partial charge in [0.2, 0.25) is 0 Å². The van der Waals surface area contributed by atoms with Crippen LogP contribution in [0.25, 0.3) is 0 Å². The first-order valence-electron chi connectivity index (χ1n) is 5.44. The minimum absolute atomic E-state index is 0.0673. The van der Waals surface area contributed by atoms with Crippen LogP contribution in [0, 0.1) is 0 Å². The van der Waals surface area contributed by atoms with Gasteiger partial charge in [0.25, 0.3) is 0 Å². The molecule has 18 heavy (non-hydrogen) atoms. The van der Waals surface area contributed by atoms with E-state index < -0.39 is 12.7 Å². The summed E-state index contributed by atoms with van der Waals surface area (Å²) in [5.74, 6) is 0.482. The van der Waals surface area contributed by atoms with Crippen molar-refractivity contribution >= 4 is 33.3 Å². The van der Waals surface area contributed by atoms with Crippen LogP contribution < -0.4 is 4.90 Å². The molecule has 1 aliphatic rings. The molecule has 1 fully saturated rings. The van der Waals surface area contributed by atoms with E-state index in [1.54, 1.807) is 6.07 Å². The highest BCUT2D eigenvalue weighted by atomic mass is 79.9. The van der Waals surface area contributed by atoms with Gasteiger partial charge in [0.05, 0.1) is 5.88 Å². The van der Waals surface area contributed by atoms with Crippen molar-refractivity contribution in [3.05, 3.63) is 22.3 Å². The Hall–Kier alpha value is -0.490. The zero-order chi connectivity index (χ0) is 13.3. The van der Waals surface area contributed by atoms with Crippen LogP contribution in [0.4, 0.5) is 19.0 Å². The van der Waals surface area contributed by atoms with Crippen LogP contribution >= 0.6 is 27.5 Å². The number of hydrogen-bond acceptors (Lipinski definition) is 2. The lowest BCUT2D eigenvalue weighted by molar-refractivity contribution is -0.120. The van der Waals surface area contributed by atoms with E-state index in [9.17, 15) is 13.2 Å². The lowest BCUT2D eigenvalue weighted by atomic mass is 10.2. The fraction of sp³-hybridized carbons (Fsp3) is 0.545. The first kappa shape index (κ1) is 13.9. The van der Waals surface area contributed by atoms with Crippen molar-refractivity contribution in [3.63, 3.8) is 0 Å². The summed E-state index contributed by atoms with van der Waals surface area (Å²) >= 11 is 9.01. The highest BCUT2D eigenvalue weighted by Gasteiger charge is 2.39. The van der Waals surface area contributed by atoms with Crippen molar-refractivity contribution in [1.82, 2.24) is 4.98 Å². The van der Waals surface area contributed by atoms with Crippen molar-refractivity contribution in [2.45, 2.75) is 30.9 Å². The predicted molar refractivity (Wildman–Crippen MR) is 67.9 cm³/mol. The van der Waals surface area contributed by atoms with E-state index in [0.29, 0.717) is 15.9 Å². The second-order valence-electron chi connectivity index (χ2n) is 4.24. The Labute approximate surface area is 116 Å². The minimum atomic E-state index is -4.24. The molecule has 1 saturated carbocycles. The highest BCUT2D eigenvalue weighted by molar-refractivity contribution is 9.10. The molecule has 2 rings (SSSR count). The van der Waals surface area contributed by atoms with Gasteiger partial charge in [-0.15, -0.1) is 11.6 Å². The van der Waals surface area contributed by atoms with Crippen LogP contribution in [-0.2, 0) is 5.88 Å². The third-order valence-corrected chi connectivity index (χ3v) is 3.38. The van der Waals surface area contributed by atoms with Gasteiger partial charge in [-0.2, -0.15) is 13.2 Å². The molecule has 1 aliphatic carbocycles. The maximum Gasteiger partial charge on any atom is 0.405 e. The summed E-state index contributed by atoms with van der Waals surface area (Å²) in [5.41, 5.74) is 0.613. The number of nitrogens with zero attached hydrogens (tertiary/aromatic N) is 2. The van der Waals surface area contributed by atoms with Crippen LogP contribution in [0.3, 0.4) is 0 Å². The second-order valence-corrected chi connectivity index (χ2v) is 5.43. The Morgan fingerprint density at radius 1 is 1.44 bits per heavy atom. The smallest absolute Gasteiger partial charge is 0.344 e. The van der Waals surface area contributed by atoms with Crippen molar-refractivity contribution in [3.8, 4) is 0 Å². The van der Waals surface area contributed by atoms with Gasteiger partial charge >= 0.3 is 6.18 Å². The van der Waals surface area contributed by atoms with E-state index in [-0.39, 0.29) is 11.9 Å². The molecule has 1 aromatic rings. The quantitative estimate of drug-likeness (QED) is 0.765. The van der Waals surface area contributed by atoms with E-state index in [1.807, 2.05) is 0 Å². The van der Waals surface area contributed by atoms with E-state index in [2.05, 4.69) is 20.9 Å². The van der Waals surface area contributed by atoms with E-state index in [1.165, 1.54) is 11.1 Å². The van der Waals surface area contributed by atoms with Crippen molar-refractivity contribution in [2.75, 3.05) is 11.4 Å². The molecular weight excluding hydrogens is 332 g/mol. The molecule has 0 bridgehead atoms. The maximum atomic E-state index is 12.6. The number of hydrogen-bond donors (Lipinski definition) is 0. The Balaban J connectivity index is 2.30. The molecule has 1 aromatic heterocycles. The molecule has 100 valence electrons. The number of alkyl halides is 4. The second kappa shape index (κ2) is 5.25. The zero-order valence-electron chi connectivity index (χ0n) is 9.34. The van der Waals surface area contributed by atoms with Gasteiger partial charge in [0.15, 0.2) is 0 Å². The standard InChI is InChI=1S/C11H11BrClF3N2/c12-8-3-7(4-13)10(17-5-8)18(9-1-2-9)6-11(14,15)16/h3,5,9H,1-2,4,6H2. The van der Waals surface area contributed by atoms with E-state index in [4.69, 9.17) is 11.6 Å². The van der Waals surface area contributed by atoms with E-state index >= 15 is 0 Å². The number of aromatic nitrogens is 1. The average Bonchev–Trinajstić information content (AvgIpc) is 3.08. The molecule has 0 N–H and O–H groups in total. The molecule has 0 radical (unpaired) electrons. The molecule has 0 spiro atoms.